The summed E-state index contributed by atoms with van der Waals surface area (Å²) in [5.41, 5.74) is 0.598. The molecule has 114 valence electrons. The molecule has 0 aliphatic carbocycles. The number of esters is 1. The monoisotopic (exact) mass is 303 g/mol. The molecular formula is C15H14FN3O3. The second-order valence-electron chi connectivity index (χ2n) is 4.41. The van der Waals surface area contributed by atoms with Crippen LogP contribution >= 0.6 is 0 Å². The second-order valence-corrected chi connectivity index (χ2v) is 4.41. The van der Waals surface area contributed by atoms with Crippen molar-refractivity contribution < 1.29 is 18.7 Å². The average molecular weight is 303 g/mol. The molecule has 1 unspecified atom stereocenters. The number of halogens is 1. The Balaban J connectivity index is 2.66. The number of ether oxygens (including phenoxy) is 2. The molecule has 7 heteroatoms. The summed E-state index contributed by atoms with van der Waals surface area (Å²) in [6, 6.07) is 5.07. The summed E-state index contributed by atoms with van der Waals surface area (Å²) in [4.78, 5) is 20.2. The summed E-state index contributed by atoms with van der Waals surface area (Å²) in [5.74, 6) is -2.17. The molecular weight excluding hydrogens is 289 g/mol. The van der Waals surface area contributed by atoms with Crippen LogP contribution in [0.25, 0.3) is 11.0 Å². The van der Waals surface area contributed by atoms with E-state index < -0.39 is 17.7 Å². The van der Waals surface area contributed by atoms with E-state index in [4.69, 9.17) is 14.7 Å². The molecule has 0 fully saturated rings. The molecule has 0 bridgehead atoms. The number of pyridine rings is 2. The third-order valence-corrected chi connectivity index (χ3v) is 3.10. The number of aromatic nitrogens is 2. The minimum Gasteiger partial charge on any atom is -0.481 e. The zero-order chi connectivity index (χ0) is 16.1. The van der Waals surface area contributed by atoms with Crippen LogP contribution in [0.2, 0.25) is 0 Å². The fourth-order valence-corrected chi connectivity index (χ4v) is 2.13. The van der Waals surface area contributed by atoms with E-state index in [0.29, 0.717) is 5.52 Å². The van der Waals surface area contributed by atoms with Gasteiger partial charge in [0, 0.05) is 11.6 Å². The van der Waals surface area contributed by atoms with Crippen LogP contribution in [0.4, 0.5) is 4.39 Å². The molecule has 0 saturated carbocycles. The molecule has 2 aromatic heterocycles. The molecule has 22 heavy (non-hydrogen) atoms. The maximum atomic E-state index is 14.3. The number of hydrogen-bond acceptors (Lipinski definition) is 6. The number of carbonyl (C=O) groups excluding carboxylic acids is 1. The van der Waals surface area contributed by atoms with Gasteiger partial charge in [0.15, 0.2) is 0 Å². The Bertz CT molecular complexity index is 743. The molecule has 0 saturated heterocycles. The number of nitrogens with zero attached hydrogens (tertiary/aromatic N) is 3. The van der Waals surface area contributed by atoms with Gasteiger partial charge in [-0.2, -0.15) is 5.26 Å². The van der Waals surface area contributed by atoms with Gasteiger partial charge >= 0.3 is 5.97 Å². The lowest BCUT2D eigenvalue weighted by atomic mass is 9.95. The van der Waals surface area contributed by atoms with Crippen molar-refractivity contribution in [3.05, 3.63) is 29.7 Å². The van der Waals surface area contributed by atoms with Crippen LogP contribution in [0.1, 0.15) is 24.8 Å². The largest absolute Gasteiger partial charge is 0.481 e. The Morgan fingerprint density at radius 2 is 2.27 bits per heavy atom. The second kappa shape index (κ2) is 6.80. The molecule has 6 nitrogen and oxygen atoms in total. The van der Waals surface area contributed by atoms with E-state index in [9.17, 15) is 9.18 Å². The van der Waals surface area contributed by atoms with Gasteiger partial charge in [0.05, 0.1) is 49.4 Å². The lowest BCUT2D eigenvalue weighted by molar-refractivity contribution is -0.144. The SMILES string of the molecule is CCOC(=O)C(CC#N)c1c(F)cnc2ccc(OC)nc12. The molecule has 1 atom stereocenters. The van der Waals surface area contributed by atoms with Crippen molar-refractivity contribution in [3.8, 4) is 11.9 Å². The van der Waals surface area contributed by atoms with Crippen LogP contribution in [0.15, 0.2) is 18.3 Å². The van der Waals surface area contributed by atoms with Gasteiger partial charge < -0.3 is 9.47 Å². The summed E-state index contributed by atoms with van der Waals surface area (Å²) < 4.78 is 24.2. The Labute approximate surface area is 126 Å². The highest BCUT2D eigenvalue weighted by molar-refractivity contribution is 5.87. The highest BCUT2D eigenvalue weighted by atomic mass is 19.1. The normalized spacial score (nSPS) is 11.7. The van der Waals surface area contributed by atoms with Gasteiger partial charge in [-0.05, 0) is 13.0 Å². The predicted octanol–water partition coefficient (Wildman–Crippen LogP) is 2.34. The fraction of sp³-hybridized carbons (Fsp3) is 0.333. The first-order valence-electron chi connectivity index (χ1n) is 6.65. The predicted molar refractivity (Wildman–Crippen MR) is 75.7 cm³/mol. The first-order chi connectivity index (χ1) is 10.6. The van der Waals surface area contributed by atoms with Crippen molar-refractivity contribution in [1.82, 2.24) is 9.97 Å². The number of fused-ring (bicyclic) bond motifs is 1. The molecule has 0 spiro atoms. The van der Waals surface area contributed by atoms with E-state index >= 15 is 0 Å². The molecule has 0 N–H and O–H groups in total. The summed E-state index contributed by atoms with van der Waals surface area (Å²) >= 11 is 0. The van der Waals surface area contributed by atoms with Crippen LogP contribution in [0.5, 0.6) is 5.88 Å². The molecule has 2 aromatic rings. The van der Waals surface area contributed by atoms with E-state index in [1.807, 2.05) is 6.07 Å². The molecule has 0 amide bonds. The van der Waals surface area contributed by atoms with Gasteiger partial charge in [-0.15, -0.1) is 0 Å². The Hall–Kier alpha value is -2.75. The molecule has 0 aliphatic rings. The van der Waals surface area contributed by atoms with E-state index in [1.165, 1.54) is 7.11 Å². The van der Waals surface area contributed by atoms with Gasteiger partial charge in [0.1, 0.15) is 5.82 Å². The van der Waals surface area contributed by atoms with Crippen LogP contribution in [0, 0.1) is 17.1 Å². The zero-order valence-corrected chi connectivity index (χ0v) is 12.2. The molecule has 2 heterocycles. The molecule has 0 aliphatic heterocycles. The highest BCUT2D eigenvalue weighted by Gasteiger charge is 2.28. The molecule has 0 aromatic carbocycles. The zero-order valence-electron chi connectivity index (χ0n) is 12.2. The number of nitriles is 1. The topological polar surface area (TPSA) is 85.1 Å². The van der Waals surface area contributed by atoms with Gasteiger partial charge in [-0.1, -0.05) is 0 Å². The maximum Gasteiger partial charge on any atom is 0.314 e. The van der Waals surface area contributed by atoms with Gasteiger partial charge in [-0.25, -0.2) is 9.37 Å². The number of hydrogen-bond donors (Lipinski definition) is 0. The van der Waals surface area contributed by atoms with Crippen LogP contribution in [-0.2, 0) is 9.53 Å². The van der Waals surface area contributed by atoms with Crippen molar-refractivity contribution in [3.63, 3.8) is 0 Å². The van der Waals surface area contributed by atoms with Gasteiger partial charge in [0.2, 0.25) is 5.88 Å². The van der Waals surface area contributed by atoms with Crippen LogP contribution in [-0.4, -0.2) is 29.7 Å². The van der Waals surface area contributed by atoms with Crippen molar-refractivity contribution in [1.29, 1.82) is 5.26 Å². The maximum absolute atomic E-state index is 14.3. The van der Waals surface area contributed by atoms with Crippen molar-refractivity contribution >= 4 is 17.0 Å². The fourth-order valence-electron chi connectivity index (χ4n) is 2.13. The molecule has 0 radical (unpaired) electrons. The third kappa shape index (κ3) is 2.96. The minimum absolute atomic E-state index is 0.00361. The standard InChI is InChI=1S/C15H14FN3O3/c1-3-22-15(20)9(6-7-17)13-10(16)8-18-11-4-5-12(21-2)19-14(11)13/h4-5,8-9H,3,6H2,1-2H3. The summed E-state index contributed by atoms with van der Waals surface area (Å²) in [5, 5.41) is 8.94. The van der Waals surface area contributed by atoms with Crippen molar-refractivity contribution in [2.75, 3.05) is 13.7 Å². The number of rotatable bonds is 5. The minimum atomic E-state index is -1.06. The first-order valence-corrected chi connectivity index (χ1v) is 6.65. The Morgan fingerprint density at radius 1 is 1.50 bits per heavy atom. The number of carbonyl (C=O) groups is 1. The summed E-state index contributed by atoms with van der Waals surface area (Å²) in [6.45, 7) is 1.78. The van der Waals surface area contributed by atoms with Gasteiger partial charge in [0.25, 0.3) is 0 Å². The lowest BCUT2D eigenvalue weighted by Crippen LogP contribution is -2.18. The van der Waals surface area contributed by atoms with Gasteiger partial charge in [-0.3, -0.25) is 9.78 Å². The van der Waals surface area contributed by atoms with E-state index in [2.05, 4.69) is 9.97 Å². The Morgan fingerprint density at radius 3 is 2.91 bits per heavy atom. The van der Waals surface area contributed by atoms with E-state index in [-0.39, 0.29) is 30.0 Å². The Kier molecular flexibility index (Phi) is 4.84. The van der Waals surface area contributed by atoms with Crippen LogP contribution < -0.4 is 4.74 Å². The lowest BCUT2D eigenvalue weighted by Gasteiger charge is -2.15. The average Bonchev–Trinajstić information content (AvgIpc) is 2.53. The molecule has 2 rings (SSSR count). The third-order valence-electron chi connectivity index (χ3n) is 3.10. The number of methoxy groups -OCH3 is 1. The smallest absolute Gasteiger partial charge is 0.314 e. The quantitative estimate of drug-likeness (QED) is 0.788. The van der Waals surface area contributed by atoms with Crippen molar-refractivity contribution in [2.45, 2.75) is 19.3 Å². The summed E-state index contributed by atoms with van der Waals surface area (Å²) in [6.07, 6.45) is 0.795. The highest BCUT2D eigenvalue weighted by Crippen LogP contribution is 2.30. The van der Waals surface area contributed by atoms with E-state index in [0.717, 1.165) is 6.20 Å². The first kappa shape index (κ1) is 15.6. The van der Waals surface area contributed by atoms with Crippen LogP contribution in [0.3, 0.4) is 0 Å². The van der Waals surface area contributed by atoms with Crippen molar-refractivity contribution in [2.24, 2.45) is 0 Å². The van der Waals surface area contributed by atoms with E-state index in [1.54, 1.807) is 19.1 Å². The summed E-state index contributed by atoms with van der Waals surface area (Å²) in [7, 11) is 1.43.